The highest BCUT2D eigenvalue weighted by atomic mass is 35.5. The molecule has 132 valence electrons. The highest BCUT2D eigenvalue weighted by Gasteiger charge is 2.37. The quantitative estimate of drug-likeness (QED) is 0.665. The lowest BCUT2D eigenvalue weighted by Gasteiger charge is -2.20. The summed E-state index contributed by atoms with van der Waals surface area (Å²) >= 11 is 11.4. The van der Waals surface area contributed by atoms with Crippen LogP contribution in [0.2, 0.25) is 10.0 Å². The van der Waals surface area contributed by atoms with Crippen molar-refractivity contribution in [1.29, 1.82) is 5.26 Å². The van der Waals surface area contributed by atoms with Gasteiger partial charge in [-0.15, -0.1) is 0 Å². The molecule has 0 aliphatic carbocycles. The van der Waals surface area contributed by atoms with E-state index in [0.29, 0.717) is 6.07 Å². The number of methoxy groups -OCH3 is 1. The van der Waals surface area contributed by atoms with E-state index in [1.54, 1.807) is 0 Å². The van der Waals surface area contributed by atoms with Crippen LogP contribution in [-0.4, -0.2) is 7.11 Å². The molecular formula is C16H10Cl2F4N2O. The van der Waals surface area contributed by atoms with Gasteiger partial charge in [0.15, 0.2) is 0 Å². The standard InChI is InChI=1S/C16H10Cl2F4N2O/c1-25-15-10(4-8(17)5-11(15)16(20,21)22)14(7-23)24-9-2-3-13(19)12(18)6-9/h2-6,14,24H,1H3. The van der Waals surface area contributed by atoms with E-state index in [-0.39, 0.29) is 21.3 Å². The summed E-state index contributed by atoms with van der Waals surface area (Å²) in [6, 6.07) is 6.07. The molecule has 0 heterocycles. The van der Waals surface area contributed by atoms with Crippen LogP contribution in [-0.2, 0) is 6.18 Å². The van der Waals surface area contributed by atoms with Crippen molar-refractivity contribution in [3.63, 3.8) is 0 Å². The smallest absolute Gasteiger partial charge is 0.420 e. The van der Waals surface area contributed by atoms with Gasteiger partial charge in [-0.25, -0.2) is 4.39 Å². The molecule has 9 heteroatoms. The van der Waals surface area contributed by atoms with E-state index in [4.69, 9.17) is 27.9 Å². The van der Waals surface area contributed by atoms with E-state index in [1.165, 1.54) is 18.2 Å². The zero-order valence-corrected chi connectivity index (χ0v) is 14.1. The minimum atomic E-state index is -4.72. The number of benzene rings is 2. The van der Waals surface area contributed by atoms with Crippen LogP contribution in [0.1, 0.15) is 17.2 Å². The predicted molar refractivity (Wildman–Crippen MR) is 86.4 cm³/mol. The number of nitrogens with zero attached hydrogens (tertiary/aromatic N) is 1. The number of anilines is 1. The number of hydrogen-bond donors (Lipinski definition) is 1. The molecule has 1 N–H and O–H groups in total. The third-order valence-electron chi connectivity index (χ3n) is 3.26. The number of halogens is 6. The van der Waals surface area contributed by atoms with Crippen molar-refractivity contribution >= 4 is 28.9 Å². The van der Waals surface area contributed by atoms with E-state index in [1.807, 2.05) is 6.07 Å². The second-order valence-electron chi connectivity index (χ2n) is 4.91. The molecule has 3 nitrogen and oxygen atoms in total. The van der Waals surface area contributed by atoms with E-state index < -0.39 is 29.3 Å². The Bertz CT molecular complexity index is 834. The lowest BCUT2D eigenvalue weighted by Crippen LogP contribution is -2.14. The molecule has 25 heavy (non-hydrogen) atoms. The van der Waals surface area contributed by atoms with Crippen molar-refractivity contribution < 1.29 is 22.3 Å². The topological polar surface area (TPSA) is 45.0 Å². The summed E-state index contributed by atoms with van der Waals surface area (Å²) in [7, 11) is 1.06. The minimum Gasteiger partial charge on any atom is -0.496 e. The number of nitrogens with one attached hydrogen (secondary N) is 1. The van der Waals surface area contributed by atoms with Crippen LogP contribution in [0.15, 0.2) is 30.3 Å². The Morgan fingerprint density at radius 1 is 1.20 bits per heavy atom. The summed E-state index contributed by atoms with van der Waals surface area (Å²) in [5.74, 6) is -1.19. The monoisotopic (exact) mass is 392 g/mol. The Morgan fingerprint density at radius 2 is 1.88 bits per heavy atom. The maximum Gasteiger partial charge on any atom is 0.420 e. The fraction of sp³-hybridized carbons (Fsp3) is 0.188. The molecule has 0 saturated heterocycles. The van der Waals surface area contributed by atoms with E-state index in [9.17, 15) is 22.8 Å². The molecule has 1 atom stereocenters. The lowest BCUT2D eigenvalue weighted by molar-refractivity contribution is -0.138. The fourth-order valence-electron chi connectivity index (χ4n) is 2.20. The van der Waals surface area contributed by atoms with Gasteiger partial charge in [-0.3, -0.25) is 0 Å². The lowest BCUT2D eigenvalue weighted by atomic mass is 10.0. The molecule has 0 fully saturated rings. The van der Waals surface area contributed by atoms with E-state index >= 15 is 0 Å². The molecule has 0 aliphatic rings. The highest BCUT2D eigenvalue weighted by molar-refractivity contribution is 6.31. The maximum atomic E-state index is 13.2. The van der Waals surface area contributed by atoms with Gasteiger partial charge < -0.3 is 10.1 Å². The van der Waals surface area contributed by atoms with Crippen LogP contribution in [0.25, 0.3) is 0 Å². The average Bonchev–Trinajstić information content (AvgIpc) is 2.54. The van der Waals surface area contributed by atoms with Gasteiger partial charge in [0.1, 0.15) is 17.6 Å². The van der Waals surface area contributed by atoms with Crippen molar-refractivity contribution in [3.8, 4) is 11.8 Å². The van der Waals surface area contributed by atoms with Gasteiger partial charge in [0.05, 0.1) is 23.8 Å². The van der Waals surface area contributed by atoms with Crippen LogP contribution < -0.4 is 10.1 Å². The summed E-state index contributed by atoms with van der Waals surface area (Å²) in [6.45, 7) is 0. The van der Waals surface area contributed by atoms with Gasteiger partial charge in [0.2, 0.25) is 0 Å². The molecule has 2 rings (SSSR count). The Balaban J connectivity index is 2.52. The molecule has 0 saturated carbocycles. The van der Waals surface area contributed by atoms with Crippen LogP contribution >= 0.6 is 23.2 Å². The van der Waals surface area contributed by atoms with Gasteiger partial charge >= 0.3 is 6.18 Å². The molecule has 0 amide bonds. The molecule has 0 bridgehead atoms. The van der Waals surface area contributed by atoms with Crippen molar-refractivity contribution in [2.75, 3.05) is 12.4 Å². The molecule has 2 aromatic rings. The van der Waals surface area contributed by atoms with Gasteiger partial charge in [-0.1, -0.05) is 23.2 Å². The van der Waals surface area contributed by atoms with Gasteiger partial charge in [0, 0.05) is 16.3 Å². The molecular weight excluding hydrogens is 383 g/mol. The molecule has 2 aromatic carbocycles. The number of alkyl halides is 3. The van der Waals surface area contributed by atoms with Crippen LogP contribution in [0, 0.1) is 17.1 Å². The highest BCUT2D eigenvalue weighted by Crippen LogP contribution is 2.42. The van der Waals surface area contributed by atoms with Crippen molar-refractivity contribution in [2.24, 2.45) is 0 Å². The number of hydrogen-bond acceptors (Lipinski definition) is 3. The summed E-state index contributed by atoms with van der Waals surface area (Å²) in [5, 5.41) is 11.6. The fourth-order valence-corrected chi connectivity index (χ4v) is 2.61. The molecule has 0 spiro atoms. The Kier molecular flexibility index (Phi) is 5.65. The second-order valence-corrected chi connectivity index (χ2v) is 5.75. The number of nitriles is 1. The first-order chi connectivity index (χ1) is 11.7. The average molecular weight is 393 g/mol. The largest absolute Gasteiger partial charge is 0.496 e. The normalized spacial score (nSPS) is 12.4. The molecule has 0 radical (unpaired) electrons. The third-order valence-corrected chi connectivity index (χ3v) is 3.77. The first-order valence-electron chi connectivity index (χ1n) is 6.73. The number of ether oxygens (including phenoxy) is 1. The SMILES string of the molecule is COc1c(C(C#N)Nc2ccc(F)c(Cl)c2)cc(Cl)cc1C(F)(F)F. The maximum absolute atomic E-state index is 13.2. The van der Waals surface area contributed by atoms with Crippen molar-refractivity contribution in [2.45, 2.75) is 12.2 Å². The third kappa shape index (κ3) is 4.27. The summed E-state index contributed by atoms with van der Waals surface area (Å²) in [5.41, 5.74) is -0.963. The first-order valence-corrected chi connectivity index (χ1v) is 7.48. The van der Waals surface area contributed by atoms with Crippen LogP contribution in [0.3, 0.4) is 0 Å². The van der Waals surface area contributed by atoms with Crippen LogP contribution in [0.4, 0.5) is 23.2 Å². The zero-order chi connectivity index (χ0) is 18.8. The van der Waals surface area contributed by atoms with Crippen LogP contribution in [0.5, 0.6) is 5.75 Å². The van der Waals surface area contributed by atoms with E-state index in [2.05, 4.69) is 5.32 Å². The van der Waals surface area contributed by atoms with Crippen molar-refractivity contribution in [1.82, 2.24) is 0 Å². The summed E-state index contributed by atoms with van der Waals surface area (Å²) < 4.78 is 57.6. The van der Waals surface area contributed by atoms with E-state index in [0.717, 1.165) is 13.2 Å². The Hall–Kier alpha value is -2.17. The van der Waals surface area contributed by atoms with Gasteiger partial charge in [-0.2, -0.15) is 18.4 Å². The second kappa shape index (κ2) is 7.38. The minimum absolute atomic E-state index is 0.106. The first kappa shape index (κ1) is 19.2. The summed E-state index contributed by atoms with van der Waals surface area (Å²) in [4.78, 5) is 0. The predicted octanol–water partition coefficient (Wildman–Crippen LogP) is 5.84. The molecule has 0 aromatic heterocycles. The van der Waals surface area contributed by atoms with Crippen molar-refractivity contribution in [3.05, 3.63) is 57.3 Å². The number of rotatable bonds is 4. The molecule has 1 unspecified atom stereocenters. The van der Waals surface area contributed by atoms with Gasteiger partial charge in [0.25, 0.3) is 0 Å². The Labute approximate surface area is 150 Å². The zero-order valence-electron chi connectivity index (χ0n) is 12.6. The molecule has 0 aliphatic heterocycles. The van der Waals surface area contributed by atoms with Gasteiger partial charge in [-0.05, 0) is 30.3 Å². The Morgan fingerprint density at radius 3 is 2.40 bits per heavy atom. The summed E-state index contributed by atoms with van der Waals surface area (Å²) in [6.07, 6.45) is -4.72.